The first-order valence-corrected chi connectivity index (χ1v) is 6.94. The number of halogens is 1. The molecule has 0 saturated carbocycles. The third-order valence-corrected chi connectivity index (χ3v) is 3.60. The number of rotatable bonds is 3. The smallest absolute Gasteiger partial charge is 0.142 e. The van der Waals surface area contributed by atoms with Crippen molar-refractivity contribution in [1.29, 1.82) is 0 Å². The molecule has 0 amide bonds. The molecule has 1 aliphatic rings. The predicted octanol–water partition coefficient (Wildman–Crippen LogP) is 3.41. The third kappa shape index (κ3) is 2.68. The molecule has 0 aromatic heterocycles. The number of ether oxygens (including phenoxy) is 2. The second-order valence-electron chi connectivity index (χ2n) is 4.54. The number of fused-ring (bicyclic) bond motifs is 1. The maximum absolute atomic E-state index is 5.89. The molecule has 2 aromatic carbocycles. The van der Waals surface area contributed by atoms with E-state index in [0.717, 1.165) is 16.6 Å². The quantitative estimate of drug-likeness (QED) is 0.882. The Bertz CT molecular complexity index is 575. The van der Waals surface area contributed by atoms with Crippen molar-refractivity contribution in [2.45, 2.75) is 12.5 Å². The highest BCUT2D eigenvalue weighted by molar-refractivity contribution is 9.10. The van der Waals surface area contributed by atoms with Crippen molar-refractivity contribution in [3.8, 4) is 11.5 Å². The van der Waals surface area contributed by atoms with E-state index in [-0.39, 0.29) is 6.10 Å². The van der Waals surface area contributed by atoms with Gasteiger partial charge in [0.1, 0.15) is 24.2 Å². The minimum atomic E-state index is 0.0560. The predicted molar refractivity (Wildman–Crippen MR) is 78.6 cm³/mol. The topological polar surface area (TPSA) is 44.5 Å². The van der Waals surface area contributed by atoms with Gasteiger partial charge in [-0.15, -0.1) is 0 Å². The van der Waals surface area contributed by atoms with Gasteiger partial charge < -0.3 is 15.2 Å². The molecule has 1 heterocycles. The molecule has 0 bridgehead atoms. The highest BCUT2D eigenvalue weighted by Crippen LogP contribution is 2.30. The van der Waals surface area contributed by atoms with E-state index in [1.54, 1.807) is 0 Å². The van der Waals surface area contributed by atoms with Crippen LogP contribution in [0.15, 0.2) is 46.9 Å². The fourth-order valence-corrected chi connectivity index (χ4v) is 2.56. The molecule has 0 fully saturated rings. The van der Waals surface area contributed by atoms with Crippen LogP contribution in [0.2, 0.25) is 0 Å². The van der Waals surface area contributed by atoms with E-state index in [0.29, 0.717) is 18.0 Å². The van der Waals surface area contributed by atoms with Gasteiger partial charge in [-0.05, 0) is 29.8 Å². The Morgan fingerprint density at radius 2 is 2.11 bits per heavy atom. The molecule has 2 aromatic rings. The average molecular weight is 320 g/mol. The van der Waals surface area contributed by atoms with Crippen LogP contribution in [0.1, 0.15) is 5.56 Å². The zero-order valence-electron chi connectivity index (χ0n) is 10.3. The van der Waals surface area contributed by atoms with Crippen molar-refractivity contribution in [3.05, 3.63) is 52.5 Å². The summed E-state index contributed by atoms with van der Waals surface area (Å²) < 4.78 is 12.5. The number of hydrogen-bond donors (Lipinski definition) is 1. The summed E-state index contributed by atoms with van der Waals surface area (Å²) in [6, 6.07) is 13.7. The van der Waals surface area contributed by atoms with Crippen LogP contribution < -0.4 is 15.2 Å². The van der Waals surface area contributed by atoms with Crippen LogP contribution in [0.3, 0.4) is 0 Å². The number of anilines is 1. The van der Waals surface area contributed by atoms with Crippen molar-refractivity contribution in [2.75, 3.05) is 12.3 Å². The molecule has 0 spiro atoms. The second-order valence-corrected chi connectivity index (χ2v) is 5.46. The van der Waals surface area contributed by atoms with Gasteiger partial charge in [0.15, 0.2) is 0 Å². The zero-order chi connectivity index (χ0) is 13.2. The summed E-state index contributed by atoms with van der Waals surface area (Å²) in [6.45, 7) is 0.501. The van der Waals surface area contributed by atoms with Gasteiger partial charge >= 0.3 is 0 Å². The van der Waals surface area contributed by atoms with Crippen LogP contribution in [-0.2, 0) is 6.42 Å². The molecule has 4 heteroatoms. The van der Waals surface area contributed by atoms with Crippen LogP contribution >= 0.6 is 15.9 Å². The summed E-state index contributed by atoms with van der Waals surface area (Å²) in [5.41, 5.74) is 7.76. The fraction of sp³-hybridized carbons (Fsp3) is 0.200. The first kappa shape index (κ1) is 12.4. The molecular weight excluding hydrogens is 306 g/mol. The SMILES string of the molecule is Nc1cc(Br)ccc1OCC1Cc2ccccc2O1. The van der Waals surface area contributed by atoms with Gasteiger partial charge in [-0.25, -0.2) is 0 Å². The molecule has 0 radical (unpaired) electrons. The Balaban J connectivity index is 1.63. The largest absolute Gasteiger partial charge is 0.488 e. The second kappa shape index (κ2) is 5.13. The van der Waals surface area contributed by atoms with Crippen LogP contribution in [0.5, 0.6) is 11.5 Å². The van der Waals surface area contributed by atoms with Gasteiger partial charge in [0, 0.05) is 10.9 Å². The first-order chi connectivity index (χ1) is 9.22. The van der Waals surface area contributed by atoms with Crippen molar-refractivity contribution in [2.24, 2.45) is 0 Å². The normalized spacial score (nSPS) is 16.8. The van der Waals surface area contributed by atoms with Crippen LogP contribution in [0, 0.1) is 0 Å². The Labute approximate surface area is 120 Å². The molecule has 0 saturated heterocycles. The van der Waals surface area contributed by atoms with Gasteiger partial charge in [-0.2, -0.15) is 0 Å². The molecular formula is C15H14BrNO2. The molecule has 2 N–H and O–H groups in total. The first-order valence-electron chi connectivity index (χ1n) is 6.15. The summed E-state index contributed by atoms with van der Waals surface area (Å²) in [5.74, 6) is 1.66. The summed E-state index contributed by atoms with van der Waals surface area (Å²) in [7, 11) is 0. The summed E-state index contributed by atoms with van der Waals surface area (Å²) in [4.78, 5) is 0. The van der Waals surface area contributed by atoms with Gasteiger partial charge in [-0.1, -0.05) is 34.1 Å². The highest BCUT2D eigenvalue weighted by Gasteiger charge is 2.22. The lowest BCUT2D eigenvalue weighted by molar-refractivity contribution is 0.149. The monoisotopic (exact) mass is 319 g/mol. The maximum Gasteiger partial charge on any atom is 0.142 e. The van der Waals surface area contributed by atoms with Gasteiger partial charge in [0.25, 0.3) is 0 Å². The fourth-order valence-electron chi connectivity index (χ4n) is 2.18. The molecule has 1 atom stereocenters. The lowest BCUT2D eigenvalue weighted by Gasteiger charge is -2.13. The molecule has 1 unspecified atom stereocenters. The van der Waals surface area contributed by atoms with Crippen molar-refractivity contribution < 1.29 is 9.47 Å². The van der Waals surface area contributed by atoms with E-state index < -0.39 is 0 Å². The molecule has 3 nitrogen and oxygen atoms in total. The summed E-state index contributed by atoms with van der Waals surface area (Å²) in [6.07, 6.45) is 0.938. The van der Waals surface area contributed by atoms with Crippen LogP contribution in [0.25, 0.3) is 0 Å². The third-order valence-electron chi connectivity index (χ3n) is 3.11. The van der Waals surface area contributed by atoms with E-state index in [1.165, 1.54) is 5.56 Å². The highest BCUT2D eigenvalue weighted by atomic mass is 79.9. The minimum absolute atomic E-state index is 0.0560. The molecule has 19 heavy (non-hydrogen) atoms. The molecule has 0 aliphatic carbocycles. The number of nitrogens with two attached hydrogens (primary N) is 1. The van der Waals surface area contributed by atoms with Gasteiger partial charge in [0.05, 0.1) is 5.69 Å². The summed E-state index contributed by atoms with van der Waals surface area (Å²) in [5, 5.41) is 0. The van der Waals surface area contributed by atoms with E-state index >= 15 is 0 Å². The number of hydrogen-bond acceptors (Lipinski definition) is 3. The lowest BCUT2D eigenvalue weighted by atomic mass is 10.1. The van der Waals surface area contributed by atoms with E-state index in [2.05, 4.69) is 22.0 Å². The average Bonchev–Trinajstić information content (AvgIpc) is 2.80. The Morgan fingerprint density at radius 1 is 1.26 bits per heavy atom. The van der Waals surface area contributed by atoms with Crippen LogP contribution in [-0.4, -0.2) is 12.7 Å². The van der Waals surface area contributed by atoms with Gasteiger partial charge in [0.2, 0.25) is 0 Å². The number of benzene rings is 2. The maximum atomic E-state index is 5.89. The summed E-state index contributed by atoms with van der Waals surface area (Å²) >= 11 is 3.37. The van der Waals surface area contributed by atoms with E-state index in [4.69, 9.17) is 15.2 Å². The molecule has 1 aliphatic heterocycles. The zero-order valence-corrected chi connectivity index (χ0v) is 11.9. The van der Waals surface area contributed by atoms with Crippen molar-refractivity contribution in [1.82, 2.24) is 0 Å². The minimum Gasteiger partial charge on any atom is -0.488 e. The number of para-hydroxylation sites is 1. The Morgan fingerprint density at radius 3 is 2.89 bits per heavy atom. The standard InChI is InChI=1S/C15H14BrNO2/c16-11-5-6-15(13(17)8-11)18-9-12-7-10-3-1-2-4-14(10)19-12/h1-6,8,12H,7,9,17H2. The Hall–Kier alpha value is -1.68. The van der Waals surface area contributed by atoms with Gasteiger partial charge in [-0.3, -0.25) is 0 Å². The van der Waals surface area contributed by atoms with Crippen LogP contribution in [0.4, 0.5) is 5.69 Å². The molecule has 3 rings (SSSR count). The lowest BCUT2D eigenvalue weighted by Crippen LogP contribution is -2.22. The van der Waals surface area contributed by atoms with E-state index in [1.807, 2.05) is 36.4 Å². The number of nitrogen functional groups attached to an aromatic ring is 1. The van der Waals surface area contributed by atoms with Crippen molar-refractivity contribution >= 4 is 21.6 Å². The molecule has 98 valence electrons. The van der Waals surface area contributed by atoms with Crippen molar-refractivity contribution in [3.63, 3.8) is 0 Å². The van der Waals surface area contributed by atoms with E-state index in [9.17, 15) is 0 Å². The Kier molecular flexibility index (Phi) is 3.34.